The summed E-state index contributed by atoms with van der Waals surface area (Å²) >= 11 is 0. The highest BCUT2D eigenvalue weighted by Gasteiger charge is 2.14. The van der Waals surface area contributed by atoms with E-state index in [1.54, 1.807) is 19.1 Å². The van der Waals surface area contributed by atoms with Gasteiger partial charge in [-0.1, -0.05) is 12.1 Å². The van der Waals surface area contributed by atoms with E-state index in [1.807, 2.05) is 0 Å². The quantitative estimate of drug-likeness (QED) is 0.879. The number of nitrogens with one attached hydrogen (secondary N) is 2. The molecule has 0 aliphatic rings. The summed E-state index contributed by atoms with van der Waals surface area (Å²) in [5.74, 6) is -0.677. The van der Waals surface area contributed by atoms with Crippen molar-refractivity contribution in [2.75, 3.05) is 7.05 Å². The first-order valence-electron chi connectivity index (χ1n) is 6.93. The average Bonchev–Trinajstić information content (AvgIpc) is 2.55. The Labute approximate surface area is 134 Å². The lowest BCUT2D eigenvalue weighted by atomic mass is 10.1. The summed E-state index contributed by atoms with van der Waals surface area (Å²) in [5.41, 5.74) is 1.11. The van der Waals surface area contributed by atoms with E-state index in [0.717, 1.165) is 5.56 Å². The van der Waals surface area contributed by atoms with Crippen molar-refractivity contribution < 1.29 is 17.6 Å². The topological polar surface area (TPSA) is 75.3 Å². The number of halogens is 1. The molecule has 0 bridgehead atoms. The number of sulfonamides is 1. The number of amides is 1. The molecule has 122 valence electrons. The summed E-state index contributed by atoms with van der Waals surface area (Å²) in [4.78, 5) is 12.3. The predicted octanol–water partition coefficient (Wildman–Crippen LogP) is 2.22. The maximum Gasteiger partial charge on any atom is 0.251 e. The molecule has 2 N–H and O–H groups in total. The Morgan fingerprint density at radius 2 is 1.61 bits per heavy atom. The summed E-state index contributed by atoms with van der Waals surface area (Å²) in [5, 5.41) is 2.78. The summed E-state index contributed by atoms with van der Waals surface area (Å²) < 4.78 is 38.4. The van der Waals surface area contributed by atoms with Crippen molar-refractivity contribution in [2.45, 2.75) is 17.9 Å². The Hall–Kier alpha value is -2.25. The monoisotopic (exact) mass is 336 g/mol. The molecule has 0 saturated carbocycles. The number of carbonyl (C=O) groups is 1. The molecule has 0 heterocycles. The molecule has 7 heteroatoms. The average molecular weight is 336 g/mol. The van der Waals surface area contributed by atoms with Gasteiger partial charge in [-0.05, 0) is 55.9 Å². The molecular weight excluding hydrogens is 319 g/mol. The summed E-state index contributed by atoms with van der Waals surface area (Å²) in [6.07, 6.45) is 0. The highest BCUT2D eigenvalue weighted by Crippen LogP contribution is 2.15. The van der Waals surface area contributed by atoms with Crippen molar-refractivity contribution >= 4 is 15.9 Å². The normalized spacial score (nSPS) is 12.7. The van der Waals surface area contributed by atoms with Crippen LogP contribution in [0.15, 0.2) is 53.4 Å². The Balaban J connectivity index is 2.10. The van der Waals surface area contributed by atoms with Gasteiger partial charge in [0, 0.05) is 5.56 Å². The summed E-state index contributed by atoms with van der Waals surface area (Å²) in [6.45, 7) is 1.78. The molecule has 23 heavy (non-hydrogen) atoms. The first-order valence-corrected chi connectivity index (χ1v) is 8.42. The lowest BCUT2D eigenvalue weighted by molar-refractivity contribution is 0.0940. The van der Waals surface area contributed by atoms with Crippen molar-refractivity contribution in [3.8, 4) is 0 Å². The largest absolute Gasteiger partial charge is 0.346 e. The zero-order valence-corrected chi connectivity index (χ0v) is 13.5. The van der Waals surface area contributed by atoms with Gasteiger partial charge in [-0.3, -0.25) is 4.79 Å². The van der Waals surface area contributed by atoms with Gasteiger partial charge in [-0.25, -0.2) is 17.5 Å². The molecule has 0 aromatic heterocycles. The fourth-order valence-electron chi connectivity index (χ4n) is 2.02. The van der Waals surface area contributed by atoms with Gasteiger partial charge >= 0.3 is 0 Å². The molecule has 0 aliphatic heterocycles. The van der Waals surface area contributed by atoms with Crippen LogP contribution in [0.3, 0.4) is 0 Å². The van der Waals surface area contributed by atoms with Gasteiger partial charge in [-0.15, -0.1) is 0 Å². The molecule has 0 aliphatic carbocycles. The van der Waals surface area contributed by atoms with E-state index >= 15 is 0 Å². The Bertz CT molecular complexity index is 787. The van der Waals surface area contributed by atoms with Crippen molar-refractivity contribution in [3.63, 3.8) is 0 Å². The summed E-state index contributed by atoms with van der Waals surface area (Å²) in [7, 11) is -2.21. The molecule has 0 unspecified atom stereocenters. The highest BCUT2D eigenvalue weighted by atomic mass is 32.2. The third-order valence-electron chi connectivity index (χ3n) is 3.41. The van der Waals surface area contributed by atoms with Crippen molar-refractivity contribution in [3.05, 3.63) is 65.5 Å². The minimum atomic E-state index is -3.53. The van der Waals surface area contributed by atoms with Crippen LogP contribution in [-0.2, 0) is 10.0 Å². The minimum absolute atomic E-state index is 0.0862. The highest BCUT2D eigenvalue weighted by molar-refractivity contribution is 7.89. The number of rotatable bonds is 5. The van der Waals surface area contributed by atoms with Crippen molar-refractivity contribution in [1.82, 2.24) is 10.0 Å². The van der Waals surface area contributed by atoms with Gasteiger partial charge in [0.05, 0.1) is 10.9 Å². The summed E-state index contributed by atoms with van der Waals surface area (Å²) in [6, 6.07) is 11.2. The molecular formula is C16H17FN2O3S. The maximum atomic E-state index is 12.9. The van der Waals surface area contributed by atoms with Gasteiger partial charge in [0.1, 0.15) is 5.82 Å². The Morgan fingerprint density at radius 3 is 2.13 bits per heavy atom. The Morgan fingerprint density at radius 1 is 1.04 bits per heavy atom. The number of hydrogen-bond donors (Lipinski definition) is 2. The first-order chi connectivity index (χ1) is 10.8. The molecule has 0 saturated heterocycles. The van der Waals surface area contributed by atoms with Crippen LogP contribution in [0.25, 0.3) is 0 Å². The number of benzene rings is 2. The minimum Gasteiger partial charge on any atom is -0.346 e. The van der Waals surface area contributed by atoms with Crippen LogP contribution in [0, 0.1) is 5.82 Å². The number of carbonyl (C=O) groups excluding carboxylic acids is 1. The van der Waals surface area contributed by atoms with E-state index in [-0.39, 0.29) is 22.7 Å². The van der Waals surface area contributed by atoms with Crippen LogP contribution in [0.1, 0.15) is 28.9 Å². The van der Waals surface area contributed by atoms with E-state index in [1.165, 1.54) is 43.4 Å². The van der Waals surface area contributed by atoms with Crippen LogP contribution in [-0.4, -0.2) is 21.4 Å². The van der Waals surface area contributed by atoms with Gasteiger partial charge in [0.2, 0.25) is 10.0 Å². The van der Waals surface area contributed by atoms with Gasteiger partial charge < -0.3 is 5.32 Å². The smallest absolute Gasteiger partial charge is 0.251 e. The third-order valence-corrected chi connectivity index (χ3v) is 4.84. The van der Waals surface area contributed by atoms with Crippen LogP contribution < -0.4 is 10.0 Å². The van der Waals surface area contributed by atoms with E-state index in [9.17, 15) is 17.6 Å². The molecule has 1 atom stereocenters. The second kappa shape index (κ2) is 6.89. The van der Waals surface area contributed by atoms with Crippen LogP contribution in [0.4, 0.5) is 4.39 Å². The molecule has 5 nitrogen and oxygen atoms in total. The Kier molecular flexibility index (Phi) is 5.12. The first kappa shape index (κ1) is 17.1. The zero-order chi connectivity index (χ0) is 17.0. The van der Waals surface area contributed by atoms with E-state index in [0.29, 0.717) is 5.56 Å². The van der Waals surface area contributed by atoms with Crippen LogP contribution in [0.2, 0.25) is 0 Å². The molecule has 1 amide bonds. The van der Waals surface area contributed by atoms with Crippen LogP contribution >= 0.6 is 0 Å². The van der Waals surface area contributed by atoms with Crippen LogP contribution in [0.5, 0.6) is 0 Å². The SMILES string of the molecule is CNS(=O)(=O)c1ccc(C(=O)N[C@H](C)c2ccc(F)cc2)cc1. The number of hydrogen-bond acceptors (Lipinski definition) is 3. The van der Waals surface area contributed by atoms with Gasteiger partial charge in [0.15, 0.2) is 0 Å². The second-order valence-electron chi connectivity index (χ2n) is 4.98. The van der Waals surface area contributed by atoms with Gasteiger partial charge in [-0.2, -0.15) is 0 Å². The third kappa shape index (κ3) is 4.14. The molecule has 2 rings (SSSR count). The standard InChI is InChI=1S/C16H17FN2O3S/c1-11(12-3-7-14(17)8-4-12)19-16(20)13-5-9-15(10-6-13)23(21,22)18-2/h3-11,18H,1-2H3,(H,19,20)/t11-/m1/s1. The molecule has 0 spiro atoms. The van der Waals surface area contributed by atoms with Crippen molar-refractivity contribution in [2.24, 2.45) is 0 Å². The molecule has 0 radical (unpaired) electrons. The lowest BCUT2D eigenvalue weighted by Crippen LogP contribution is -2.26. The second-order valence-corrected chi connectivity index (χ2v) is 6.87. The molecule has 2 aromatic rings. The maximum absolute atomic E-state index is 12.9. The lowest BCUT2D eigenvalue weighted by Gasteiger charge is -2.14. The fraction of sp³-hybridized carbons (Fsp3) is 0.188. The van der Waals surface area contributed by atoms with E-state index in [2.05, 4.69) is 10.0 Å². The zero-order valence-electron chi connectivity index (χ0n) is 12.7. The fourth-order valence-corrected chi connectivity index (χ4v) is 2.75. The van der Waals surface area contributed by atoms with E-state index in [4.69, 9.17) is 0 Å². The van der Waals surface area contributed by atoms with E-state index < -0.39 is 10.0 Å². The predicted molar refractivity (Wildman–Crippen MR) is 85.0 cm³/mol. The van der Waals surface area contributed by atoms with Gasteiger partial charge in [0.25, 0.3) is 5.91 Å². The van der Waals surface area contributed by atoms with Crippen molar-refractivity contribution in [1.29, 1.82) is 0 Å². The molecule has 0 fully saturated rings. The molecule has 2 aromatic carbocycles.